The maximum absolute atomic E-state index is 4.46. The molecule has 0 atom stereocenters. The number of aromatic amines is 2. The van der Waals surface area contributed by atoms with E-state index in [1.165, 1.54) is 0 Å². The minimum Gasteiger partial charge on any atom is -0.367 e. The molecule has 0 fully saturated rings. The summed E-state index contributed by atoms with van der Waals surface area (Å²) in [5, 5.41) is 3.05. The second-order valence-corrected chi connectivity index (χ2v) is 3.77. The first-order chi connectivity index (χ1) is 6.81. The van der Waals surface area contributed by atoms with Gasteiger partial charge in [0.25, 0.3) is 0 Å². The van der Waals surface area contributed by atoms with Crippen LogP contribution in [0.2, 0.25) is 0 Å². The Balaban J connectivity index is 2.35. The summed E-state index contributed by atoms with van der Waals surface area (Å²) in [6.45, 7) is 0.739. The van der Waals surface area contributed by atoms with E-state index in [9.17, 15) is 0 Å². The van der Waals surface area contributed by atoms with E-state index in [0.717, 1.165) is 28.2 Å². The zero-order valence-electron chi connectivity index (χ0n) is 7.76. The Morgan fingerprint density at radius 1 is 1.57 bits per heavy atom. The second kappa shape index (κ2) is 3.98. The average molecular weight is 255 g/mol. The van der Waals surface area contributed by atoms with Crippen LogP contribution in [0.15, 0.2) is 23.1 Å². The molecule has 74 valence electrons. The van der Waals surface area contributed by atoms with Crippen molar-refractivity contribution < 1.29 is 0 Å². The van der Waals surface area contributed by atoms with E-state index in [4.69, 9.17) is 0 Å². The highest BCUT2D eigenvalue weighted by Gasteiger charge is 2.09. The van der Waals surface area contributed by atoms with Gasteiger partial charge in [0.1, 0.15) is 16.1 Å². The molecular formula is C9H11BrN4. The van der Waals surface area contributed by atoms with Gasteiger partial charge in [0.15, 0.2) is 0 Å². The third-order valence-corrected chi connectivity index (χ3v) is 2.50. The van der Waals surface area contributed by atoms with Crippen LogP contribution in [0.1, 0.15) is 5.82 Å². The molecule has 5 heteroatoms. The number of hydrogen-bond donors (Lipinski definition) is 3. The van der Waals surface area contributed by atoms with Gasteiger partial charge in [-0.05, 0) is 29.0 Å². The van der Waals surface area contributed by atoms with Gasteiger partial charge in [-0.1, -0.05) is 0 Å². The minimum atomic E-state index is 0.739. The number of H-pyrrole nitrogens is 2. The van der Waals surface area contributed by atoms with Gasteiger partial charge in [0.05, 0.1) is 6.54 Å². The number of aromatic nitrogens is 3. The minimum absolute atomic E-state index is 0.739. The van der Waals surface area contributed by atoms with E-state index in [-0.39, 0.29) is 0 Å². The van der Waals surface area contributed by atoms with Crippen molar-refractivity contribution >= 4 is 15.9 Å². The molecule has 0 aliphatic heterocycles. The number of hydrogen-bond acceptors (Lipinski definition) is 2. The molecule has 0 aromatic carbocycles. The topological polar surface area (TPSA) is 56.5 Å². The zero-order valence-corrected chi connectivity index (χ0v) is 9.35. The fourth-order valence-corrected chi connectivity index (χ4v) is 1.86. The van der Waals surface area contributed by atoms with E-state index in [0.29, 0.717) is 0 Å². The molecule has 0 spiro atoms. The van der Waals surface area contributed by atoms with Gasteiger partial charge >= 0.3 is 0 Å². The molecule has 0 radical (unpaired) electrons. The molecular weight excluding hydrogens is 244 g/mol. The van der Waals surface area contributed by atoms with Gasteiger partial charge in [-0.2, -0.15) is 0 Å². The molecule has 0 amide bonds. The maximum atomic E-state index is 4.46. The van der Waals surface area contributed by atoms with Gasteiger partial charge in [0.2, 0.25) is 0 Å². The van der Waals surface area contributed by atoms with E-state index >= 15 is 0 Å². The van der Waals surface area contributed by atoms with Crippen LogP contribution >= 0.6 is 15.9 Å². The summed E-state index contributed by atoms with van der Waals surface area (Å²) in [7, 11) is 1.90. The predicted molar refractivity (Wildman–Crippen MR) is 58.8 cm³/mol. The fourth-order valence-electron chi connectivity index (χ4n) is 1.31. The molecule has 2 rings (SSSR count). The summed E-state index contributed by atoms with van der Waals surface area (Å²) in [5.41, 5.74) is 2.02. The van der Waals surface area contributed by atoms with Gasteiger partial charge in [-0.3, -0.25) is 0 Å². The lowest BCUT2D eigenvalue weighted by Crippen LogP contribution is -2.06. The van der Waals surface area contributed by atoms with Crippen LogP contribution < -0.4 is 5.32 Å². The van der Waals surface area contributed by atoms with Crippen LogP contribution in [0.25, 0.3) is 11.3 Å². The molecule has 0 aliphatic rings. The number of imidazole rings is 1. The van der Waals surface area contributed by atoms with Gasteiger partial charge < -0.3 is 15.3 Å². The summed E-state index contributed by atoms with van der Waals surface area (Å²) < 4.78 is 0.919. The van der Waals surface area contributed by atoms with Crippen LogP contribution in [-0.4, -0.2) is 22.0 Å². The largest absolute Gasteiger partial charge is 0.367 e. The van der Waals surface area contributed by atoms with Crippen molar-refractivity contribution in [3.63, 3.8) is 0 Å². The Morgan fingerprint density at radius 3 is 3.07 bits per heavy atom. The Kier molecular flexibility index (Phi) is 2.69. The first-order valence-electron chi connectivity index (χ1n) is 4.33. The maximum Gasteiger partial charge on any atom is 0.121 e. The van der Waals surface area contributed by atoms with Crippen LogP contribution in [-0.2, 0) is 6.54 Å². The summed E-state index contributed by atoms with van der Waals surface area (Å²) in [6.07, 6.45) is 3.80. The van der Waals surface area contributed by atoms with Crippen LogP contribution in [0, 0.1) is 0 Å². The monoisotopic (exact) mass is 254 g/mol. The normalized spacial score (nSPS) is 10.7. The fraction of sp³-hybridized carbons (Fsp3) is 0.222. The molecule has 2 heterocycles. The van der Waals surface area contributed by atoms with Crippen molar-refractivity contribution in [2.24, 2.45) is 0 Å². The van der Waals surface area contributed by atoms with Crippen molar-refractivity contribution in [2.45, 2.75) is 6.54 Å². The lowest BCUT2D eigenvalue weighted by Gasteiger charge is -1.91. The van der Waals surface area contributed by atoms with E-state index in [1.54, 1.807) is 0 Å². The smallest absolute Gasteiger partial charge is 0.121 e. The van der Waals surface area contributed by atoms with Crippen molar-refractivity contribution in [1.29, 1.82) is 0 Å². The number of nitrogens with one attached hydrogen (secondary N) is 3. The van der Waals surface area contributed by atoms with Crippen molar-refractivity contribution in [2.75, 3.05) is 7.05 Å². The van der Waals surface area contributed by atoms with Gasteiger partial charge in [-0.25, -0.2) is 4.98 Å². The van der Waals surface area contributed by atoms with Crippen molar-refractivity contribution in [3.8, 4) is 11.3 Å². The lowest BCUT2D eigenvalue weighted by molar-refractivity contribution is 0.771. The molecule has 0 saturated heterocycles. The molecule has 3 N–H and O–H groups in total. The Labute approximate surface area is 90.3 Å². The summed E-state index contributed by atoms with van der Waals surface area (Å²) in [6, 6.07) is 1.99. The molecule has 2 aromatic rings. The predicted octanol–water partition coefficient (Wildman–Crippen LogP) is 1.89. The quantitative estimate of drug-likeness (QED) is 0.784. The first-order valence-corrected chi connectivity index (χ1v) is 5.12. The average Bonchev–Trinajstić information content (AvgIpc) is 2.74. The SMILES string of the molecule is CNCc1nc(-c2cc[nH]c2)c(Br)[nH]1. The molecule has 0 aliphatic carbocycles. The Hall–Kier alpha value is -1.07. The van der Waals surface area contributed by atoms with Crippen molar-refractivity contribution in [1.82, 2.24) is 20.3 Å². The molecule has 14 heavy (non-hydrogen) atoms. The Bertz CT molecular complexity index is 404. The first kappa shape index (κ1) is 9.48. The lowest BCUT2D eigenvalue weighted by atomic mass is 10.3. The van der Waals surface area contributed by atoms with E-state index in [1.807, 2.05) is 25.5 Å². The number of nitrogens with zero attached hydrogens (tertiary/aromatic N) is 1. The van der Waals surface area contributed by atoms with Crippen LogP contribution in [0.5, 0.6) is 0 Å². The van der Waals surface area contributed by atoms with E-state index in [2.05, 4.69) is 36.2 Å². The summed E-state index contributed by atoms with van der Waals surface area (Å²) >= 11 is 3.45. The standard InChI is InChI=1S/C9H11BrN4/c1-11-5-7-13-8(9(10)14-7)6-2-3-12-4-6/h2-4,11-12H,5H2,1H3,(H,13,14). The van der Waals surface area contributed by atoms with Gasteiger partial charge in [0, 0.05) is 18.0 Å². The highest BCUT2D eigenvalue weighted by atomic mass is 79.9. The third kappa shape index (κ3) is 1.73. The van der Waals surface area contributed by atoms with Crippen LogP contribution in [0.3, 0.4) is 0 Å². The summed E-state index contributed by atoms with van der Waals surface area (Å²) in [5.74, 6) is 0.926. The third-order valence-electron chi connectivity index (χ3n) is 1.92. The highest BCUT2D eigenvalue weighted by molar-refractivity contribution is 9.10. The van der Waals surface area contributed by atoms with Crippen LogP contribution in [0.4, 0.5) is 0 Å². The number of halogens is 1. The highest BCUT2D eigenvalue weighted by Crippen LogP contribution is 2.25. The molecule has 0 unspecified atom stereocenters. The number of rotatable bonds is 3. The zero-order chi connectivity index (χ0) is 9.97. The summed E-state index contributed by atoms with van der Waals surface area (Å²) in [4.78, 5) is 10.6. The van der Waals surface area contributed by atoms with Gasteiger partial charge in [-0.15, -0.1) is 0 Å². The molecule has 4 nitrogen and oxygen atoms in total. The molecule has 0 bridgehead atoms. The second-order valence-electron chi connectivity index (χ2n) is 2.98. The van der Waals surface area contributed by atoms with E-state index < -0.39 is 0 Å². The Morgan fingerprint density at radius 2 is 2.43 bits per heavy atom. The van der Waals surface area contributed by atoms with Crippen molar-refractivity contribution in [3.05, 3.63) is 28.9 Å². The molecule has 2 aromatic heterocycles. The molecule has 0 saturated carbocycles.